The number of carbonyl (C=O) groups excluding carboxylic acids is 1. The summed E-state index contributed by atoms with van der Waals surface area (Å²) in [7, 11) is 0. The van der Waals surface area contributed by atoms with Crippen LogP contribution in [0.15, 0.2) is 67.4 Å². The van der Waals surface area contributed by atoms with Crippen LogP contribution < -0.4 is 15.4 Å². The van der Waals surface area contributed by atoms with E-state index in [0.29, 0.717) is 22.7 Å². The summed E-state index contributed by atoms with van der Waals surface area (Å²) < 4.78 is 23.2. The molecule has 0 radical (unpaired) electrons. The van der Waals surface area contributed by atoms with Crippen molar-refractivity contribution in [2.24, 2.45) is 0 Å². The first kappa shape index (κ1) is 21.9. The fourth-order valence-electron chi connectivity index (χ4n) is 3.63. The van der Waals surface area contributed by atoms with Crippen LogP contribution in [0.4, 0.5) is 21.6 Å². The molecule has 35 heavy (non-hydrogen) atoms. The van der Waals surface area contributed by atoms with Crippen molar-refractivity contribution in [1.82, 2.24) is 19.4 Å². The maximum atomic E-state index is 15.3. The van der Waals surface area contributed by atoms with E-state index in [9.17, 15) is 4.79 Å². The summed E-state index contributed by atoms with van der Waals surface area (Å²) >= 11 is 0. The molecule has 8 nitrogen and oxygen atoms in total. The van der Waals surface area contributed by atoms with Crippen LogP contribution in [0.2, 0.25) is 0 Å². The third-order valence-corrected chi connectivity index (χ3v) is 5.26. The number of ether oxygens (including phenoxy) is 1. The second-order valence-corrected chi connectivity index (χ2v) is 7.64. The number of rotatable bonds is 5. The molecule has 5 rings (SSSR count). The van der Waals surface area contributed by atoms with Crippen LogP contribution in [0.3, 0.4) is 0 Å². The van der Waals surface area contributed by atoms with E-state index in [2.05, 4.69) is 37.4 Å². The second-order valence-electron chi connectivity index (χ2n) is 7.64. The predicted molar refractivity (Wildman–Crippen MR) is 131 cm³/mol. The van der Waals surface area contributed by atoms with Crippen LogP contribution >= 0.6 is 0 Å². The van der Waals surface area contributed by atoms with Crippen molar-refractivity contribution in [3.63, 3.8) is 0 Å². The number of carbonyl (C=O) groups is 1. The number of nitrogens with zero attached hydrogens (tertiary/aromatic N) is 4. The number of hydrogen-bond acceptors (Lipinski definition) is 6. The van der Waals surface area contributed by atoms with Crippen molar-refractivity contribution in [3.05, 3.63) is 78.8 Å². The standard InChI is InChI=1S/C26H19FN6O2/c1-3-4-23(34)32-20-7-6-19-24(25(20)27)26(30-15-29-19)31-17-5-8-21(16(2)13-17)35-18-9-11-33-12-10-28-22(33)14-18/h5-15H,1-2H3,(H,32,34)(H,29,30,31). The molecule has 0 saturated heterocycles. The molecule has 2 aromatic carbocycles. The van der Waals surface area contributed by atoms with Gasteiger partial charge in [-0.25, -0.2) is 19.3 Å². The predicted octanol–water partition coefficient (Wildman–Crippen LogP) is 5.22. The largest absolute Gasteiger partial charge is 0.457 e. The topological polar surface area (TPSA) is 93.4 Å². The summed E-state index contributed by atoms with van der Waals surface area (Å²) in [5.41, 5.74) is 2.73. The quantitative estimate of drug-likeness (QED) is 0.345. The van der Waals surface area contributed by atoms with Gasteiger partial charge < -0.3 is 19.8 Å². The van der Waals surface area contributed by atoms with Crippen molar-refractivity contribution in [2.45, 2.75) is 13.8 Å². The number of amides is 1. The van der Waals surface area contributed by atoms with Crippen molar-refractivity contribution < 1.29 is 13.9 Å². The molecular weight excluding hydrogens is 447 g/mol. The van der Waals surface area contributed by atoms with Crippen molar-refractivity contribution in [2.75, 3.05) is 10.6 Å². The SMILES string of the molecule is CC#CC(=O)Nc1ccc2ncnc(Nc3ccc(Oc4ccn5ccnc5c4)c(C)c3)c2c1F. The molecule has 0 spiro atoms. The number of aromatic nitrogens is 4. The number of halogens is 1. The molecule has 0 atom stereocenters. The monoisotopic (exact) mass is 466 g/mol. The Balaban J connectivity index is 1.42. The Labute approximate surface area is 199 Å². The van der Waals surface area contributed by atoms with Crippen LogP contribution in [0.5, 0.6) is 11.5 Å². The first-order valence-electron chi connectivity index (χ1n) is 10.7. The number of benzene rings is 2. The van der Waals surface area contributed by atoms with Crippen LogP contribution in [-0.4, -0.2) is 25.3 Å². The molecule has 9 heteroatoms. The summed E-state index contributed by atoms with van der Waals surface area (Å²) in [5, 5.41) is 5.75. The number of aryl methyl sites for hydroxylation is 1. The molecule has 0 fully saturated rings. The minimum Gasteiger partial charge on any atom is -0.457 e. The maximum Gasteiger partial charge on any atom is 0.300 e. The fraction of sp³-hybridized carbons (Fsp3) is 0.0769. The lowest BCUT2D eigenvalue weighted by atomic mass is 10.1. The van der Waals surface area contributed by atoms with Gasteiger partial charge in [-0.1, -0.05) is 5.92 Å². The Kier molecular flexibility index (Phi) is 5.69. The first-order chi connectivity index (χ1) is 17.0. The van der Waals surface area contributed by atoms with Gasteiger partial charge in [-0.05, 0) is 61.7 Å². The van der Waals surface area contributed by atoms with Gasteiger partial charge in [0.2, 0.25) is 0 Å². The molecule has 0 aliphatic rings. The Hall–Kier alpha value is -4.97. The van der Waals surface area contributed by atoms with Gasteiger partial charge in [0.1, 0.15) is 29.3 Å². The highest BCUT2D eigenvalue weighted by atomic mass is 19.1. The summed E-state index contributed by atoms with van der Waals surface area (Å²) in [6.07, 6.45) is 6.81. The van der Waals surface area contributed by atoms with Crippen LogP contribution in [-0.2, 0) is 4.79 Å². The maximum absolute atomic E-state index is 15.3. The number of imidazole rings is 1. The molecule has 0 aliphatic carbocycles. The number of anilines is 3. The summed E-state index contributed by atoms with van der Waals surface area (Å²) in [6.45, 7) is 3.44. The average molecular weight is 466 g/mol. The molecule has 0 saturated carbocycles. The van der Waals surface area contributed by atoms with Gasteiger partial charge in [0, 0.05) is 30.3 Å². The Morgan fingerprint density at radius 2 is 1.97 bits per heavy atom. The van der Waals surface area contributed by atoms with E-state index in [-0.39, 0.29) is 16.9 Å². The van der Waals surface area contributed by atoms with Crippen LogP contribution in [0.25, 0.3) is 16.6 Å². The lowest BCUT2D eigenvalue weighted by Gasteiger charge is -2.13. The highest BCUT2D eigenvalue weighted by molar-refractivity contribution is 6.05. The molecule has 0 aliphatic heterocycles. The Bertz CT molecular complexity index is 1650. The van der Waals surface area contributed by atoms with Gasteiger partial charge >= 0.3 is 0 Å². The second kappa shape index (κ2) is 9.11. The number of pyridine rings is 1. The van der Waals surface area contributed by atoms with E-state index in [0.717, 1.165) is 11.2 Å². The smallest absolute Gasteiger partial charge is 0.300 e. The van der Waals surface area contributed by atoms with Gasteiger partial charge in [-0.2, -0.15) is 0 Å². The zero-order chi connectivity index (χ0) is 24.4. The summed E-state index contributed by atoms with van der Waals surface area (Å²) in [6, 6.07) is 12.3. The molecule has 3 aromatic heterocycles. The molecule has 0 bridgehead atoms. The van der Waals surface area contributed by atoms with E-state index in [1.807, 2.05) is 54.0 Å². The van der Waals surface area contributed by atoms with Crippen LogP contribution in [0.1, 0.15) is 12.5 Å². The molecule has 1 amide bonds. The van der Waals surface area contributed by atoms with Gasteiger partial charge in [-0.3, -0.25) is 4.79 Å². The highest BCUT2D eigenvalue weighted by Gasteiger charge is 2.15. The van der Waals surface area contributed by atoms with E-state index in [1.54, 1.807) is 12.3 Å². The van der Waals surface area contributed by atoms with Gasteiger partial charge in [0.05, 0.1) is 16.6 Å². The first-order valence-corrected chi connectivity index (χ1v) is 10.7. The van der Waals surface area contributed by atoms with Crippen molar-refractivity contribution >= 4 is 39.6 Å². The Morgan fingerprint density at radius 3 is 2.80 bits per heavy atom. The highest BCUT2D eigenvalue weighted by Crippen LogP contribution is 2.32. The van der Waals surface area contributed by atoms with Gasteiger partial charge in [-0.15, -0.1) is 0 Å². The van der Waals surface area contributed by atoms with Gasteiger partial charge in [0.25, 0.3) is 5.91 Å². The van der Waals surface area contributed by atoms with E-state index in [4.69, 9.17) is 4.74 Å². The van der Waals surface area contributed by atoms with Crippen LogP contribution in [0, 0.1) is 24.6 Å². The zero-order valence-electron chi connectivity index (χ0n) is 18.8. The lowest BCUT2D eigenvalue weighted by molar-refractivity contribution is -0.111. The van der Waals surface area contributed by atoms with Crippen molar-refractivity contribution in [3.8, 4) is 23.3 Å². The number of nitrogens with one attached hydrogen (secondary N) is 2. The average Bonchev–Trinajstić information content (AvgIpc) is 3.31. The molecule has 3 heterocycles. The lowest BCUT2D eigenvalue weighted by Crippen LogP contribution is -2.10. The third-order valence-electron chi connectivity index (χ3n) is 5.26. The molecule has 0 unspecified atom stereocenters. The van der Waals surface area contributed by atoms with E-state index in [1.165, 1.54) is 19.3 Å². The summed E-state index contributed by atoms with van der Waals surface area (Å²) in [4.78, 5) is 24.4. The van der Waals surface area contributed by atoms with E-state index < -0.39 is 11.7 Å². The zero-order valence-corrected chi connectivity index (χ0v) is 18.8. The minimum absolute atomic E-state index is 0.00234. The minimum atomic E-state index is -0.650. The third kappa shape index (κ3) is 4.45. The normalized spacial score (nSPS) is 10.6. The molecule has 2 N–H and O–H groups in total. The number of fused-ring (bicyclic) bond motifs is 2. The Morgan fingerprint density at radius 1 is 1.09 bits per heavy atom. The molecule has 172 valence electrons. The van der Waals surface area contributed by atoms with Crippen molar-refractivity contribution in [1.29, 1.82) is 0 Å². The van der Waals surface area contributed by atoms with Gasteiger partial charge in [0.15, 0.2) is 5.82 Å². The molecular formula is C26H19FN6O2. The van der Waals surface area contributed by atoms with E-state index >= 15 is 4.39 Å². The fourth-order valence-corrected chi connectivity index (χ4v) is 3.63. The number of hydrogen-bond donors (Lipinski definition) is 2. The molecule has 5 aromatic rings. The summed E-state index contributed by atoms with van der Waals surface area (Å²) in [5.74, 6) is 5.17.